The van der Waals surface area contributed by atoms with Gasteiger partial charge < -0.3 is 4.90 Å². The second kappa shape index (κ2) is 7.84. The third-order valence-corrected chi connectivity index (χ3v) is 6.51. The first kappa shape index (κ1) is 18.8. The number of Topliss-reactive ketones (excluding diaryl/α,β-unsaturated/α-hetero) is 1. The van der Waals surface area contributed by atoms with Gasteiger partial charge >= 0.3 is 0 Å². The molecule has 1 aliphatic rings. The Morgan fingerprint density at radius 2 is 1.93 bits per heavy atom. The van der Waals surface area contributed by atoms with E-state index in [0.717, 1.165) is 34.2 Å². The highest BCUT2D eigenvalue weighted by Crippen LogP contribution is 2.27. The molecule has 144 valence electrons. The van der Waals surface area contributed by atoms with Crippen LogP contribution in [0.3, 0.4) is 0 Å². The van der Waals surface area contributed by atoms with Gasteiger partial charge in [-0.15, -0.1) is 11.3 Å². The van der Waals surface area contributed by atoms with Gasteiger partial charge in [-0.05, 0) is 23.6 Å². The molecular weight excluding hydrogens is 368 g/mol. The summed E-state index contributed by atoms with van der Waals surface area (Å²) in [6, 6.07) is 13.8. The van der Waals surface area contributed by atoms with Crippen LogP contribution in [0.2, 0.25) is 0 Å². The first-order chi connectivity index (χ1) is 13.5. The molecular formula is C23H24N2O2S. The van der Waals surface area contributed by atoms with Crippen LogP contribution < -0.4 is 0 Å². The van der Waals surface area contributed by atoms with Crippen LogP contribution in [-0.4, -0.2) is 34.7 Å². The van der Waals surface area contributed by atoms with Crippen LogP contribution in [0.1, 0.15) is 58.5 Å². The summed E-state index contributed by atoms with van der Waals surface area (Å²) in [5.41, 5.74) is 1.26. The summed E-state index contributed by atoms with van der Waals surface area (Å²) in [5.74, 6) is 0.231. The first-order valence-corrected chi connectivity index (χ1v) is 10.7. The first-order valence-electron chi connectivity index (χ1n) is 9.81. The molecule has 5 heteroatoms. The monoisotopic (exact) mass is 392 g/mol. The Bertz CT molecular complexity index is 1020. The van der Waals surface area contributed by atoms with Gasteiger partial charge in [-0.25, -0.2) is 4.98 Å². The van der Waals surface area contributed by atoms with Crippen LogP contribution in [0, 0.1) is 5.92 Å². The molecule has 2 aromatic carbocycles. The van der Waals surface area contributed by atoms with Gasteiger partial charge in [0.2, 0.25) is 0 Å². The molecule has 1 saturated heterocycles. The molecule has 3 aromatic rings. The lowest BCUT2D eigenvalue weighted by Gasteiger charge is -2.31. The molecule has 28 heavy (non-hydrogen) atoms. The number of piperidine rings is 1. The third kappa shape index (κ3) is 3.59. The minimum absolute atomic E-state index is 0.0569. The van der Waals surface area contributed by atoms with Crippen molar-refractivity contribution in [2.75, 3.05) is 13.1 Å². The van der Waals surface area contributed by atoms with E-state index in [4.69, 9.17) is 0 Å². The maximum atomic E-state index is 13.3. The number of ketones is 1. The fourth-order valence-corrected chi connectivity index (χ4v) is 4.66. The van der Waals surface area contributed by atoms with Gasteiger partial charge in [0.1, 0.15) is 5.69 Å². The Balaban J connectivity index is 1.54. The van der Waals surface area contributed by atoms with Gasteiger partial charge in [-0.3, -0.25) is 9.59 Å². The predicted octanol–water partition coefficient (Wildman–Crippen LogP) is 5.15. The normalized spacial score (nSPS) is 17.2. The maximum absolute atomic E-state index is 13.3. The highest BCUT2D eigenvalue weighted by atomic mass is 32.1. The lowest BCUT2D eigenvalue weighted by molar-refractivity contribution is 0.0633. The fraction of sp³-hybridized carbons (Fsp3) is 0.348. The average molecular weight is 393 g/mol. The van der Waals surface area contributed by atoms with Crippen LogP contribution in [0.15, 0.2) is 47.8 Å². The summed E-state index contributed by atoms with van der Waals surface area (Å²) in [4.78, 5) is 32.5. The van der Waals surface area contributed by atoms with Crippen LogP contribution in [0.5, 0.6) is 0 Å². The summed E-state index contributed by atoms with van der Waals surface area (Å²) in [6.07, 6.45) is 1.66. The van der Waals surface area contributed by atoms with Crippen molar-refractivity contribution in [3.63, 3.8) is 0 Å². The minimum Gasteiger partial charge on any atom is -0.337 e. The van der Waals surface area contributed by atoms with Gasteiger partial charge in [-0.1, -0.05) is 56.3 Å². The topological polar surface area (TPSA) is 50.3 Å². The van der Waals surface area contributed by atoms with Crippen LogP contribution in [0.25, 0.3) is 10.8 Å². The Hall–Kier alpha value is -2.53. The SMILES string of the molecule is CC(C)c1nc(C(=O)N2CCC[C@H](C(=O)c3cccc4ccccc34)C2)cs1. The Kier molecular flexibility index (Phi) is 5.27. The lowest BCUT2D eigenvalue weighted by atomic mass is 9.88. The summed E-state index contributed by atoms with van der Waals surface area (Å²) >= 11 is 1.53. The Morgan fingerprint density at radius 1 is 1.14 bits per heavy atom. The van der Waals surface area contributed by atoms with Crippen molar-refractivity contribution in [2.24, 2.45) is 5.92 Å². The van der Waals surface area contributed by atoms with Crippen molar-refractivity contribution in [3.05, 3.63) is 64.1 Å². The molecule has 1 aliphatic heterocycles. The molecule has 0 unspecified atom stereocenters. The van der Waals surface area contributed by atoms with Crippen molar-refractivity contribution in [3.8, 4) is 0 Å². The van der Waals surface area contributed by atoms with E-state index in [0.29, 0.717) is 24.7 Å². The predicted molar refractivity (Wildman–Crippen MR) is 113 cm³/mol. The Labute approximate surface area is 169 Å². The van der Waals surface area contributed by atoms with Crippen LogP contribution in [-0.2, 0) is 0 Å². The summed E-state index contributed by atoms with van der Waals surface area (Å²) < 4.78 is 0. The number of likely N-dealkylation sites (tertiary alicyclic amines) is 1. The molecule has 0 radical (unpaired) electrons. The molecule has 0 bridgehead atoms. The zero-order valence-corrected chi connectivity index (χ0v) is 17.0. The molecule has 4 nitrogen and oxygen atoms in total. The molecule has 1 fully saturated rings. The van der Waals surface area contributed by atoms with Crippen molar-refractivity contribution < 1.29 is 9.59 Å². The molecule has 0 N–H and O–H groups in total. The smallest absolute Gasteiger partial charge is 0.273 e. The second-order valence-corrected chi connectivity index (χ2v) is 8.60. The highest BCUT2D eigenvalue weighted by Gasteiger charge is 2.31. The van der Waals surface area contributed by atoms with Crippen molar-refractivity contribution in [2.45, 2.75) is 32.6 Å². The van der Waals surface area contributed by atoms with E-state index in [1.165, 1.54) is 11.3 Å². The van der Waals surface area contributed by atoms with E-state index < -0.39 is 0 Å². The molecule has 0 spiro atoms. The molecule has 1 aromatic heterocycles. The highest BCUT2D eigenvalue weighted by molar-refractivity contribution is 7.09. The van der Waals surface area contributed by atoms with Gasteiger partial charge in [0, 0.05) is 35.9 Å². The number of carbonyl (C=O) groups is 2. The van der Waals surface area contributed by atoms with Crippen LogP contribution >= 0.6 is 11.3 Å². The van der Waals surface area contributed by atoms with E-state index in [-0.39, 0.29) is 17.6 Å². The van der Waals surface area contributed by atoms with Crippen molar-refractivity contribution in [1.82, 2.24) is 9.88 Å². The van der Waals surface area contributed by atoms with E-state index in [2.05, 4.69) is 18.8 Å². The van der Waals surface area contributed by atoms with E-state index in [1.807, 2.05) is 47.8 Å². The van der Waals surface area contributed by atoms with Gasteiger partial charge in [0.15, 0.2) is 5.78 Å². The minimum atomic E-state index is -0.160. The third-order valence-electron chi connectivity index (χ3n) is 5.37. The quantitative estimate of drug-likeness (QED) is 0.577. The summed E-state index contributed by atoms with van der Waals surface area (Å²) in [5, 5.41) is 4.87. The number of thiazole rings is 1. The average Bonchev–Trinajstić information content (AvgIpc) is 3.23. The van der Waals surface area contributed by atoms with Crippen LogP contribution in [0.4, 0.5) is 0 Å². The molecule has 2 heterocycles. The lowest BCUT2D eigenvalue weighted by Crippen LogP contribution is -2.42. The number of amides is 1. The second-order valence-electron chi connectivity index (χ2n) is 7.71. The molecule has 0 aliphatic carbocycles. The molecule has 0 saturated carbocycles. The zero-order valence-electron chi connectivity index (χ0n) is 16.2. The Morgan fingerprint density at radius 3 is 2.71 bits per heavy atom. The van der Waals surface area contributed by atoms with Gasteiger partial charge in [0.05, 0.1) is 5.01 Å². The van der Waals surface area contributed by atoms with E-state index in [9.17, 15) is 9.59 Å². The van der Waals surface area contributed by atoms with Gasteiger partial charge in [-0.2, -0.15) is 0 Å². The number of nitrogens with zero attached hydrogens (tertiary/aromatic N) is 2. The fourth-order valence-electron chi connectivity index (χ4n) is 3.85. The number of rotatable bonds is 4. The number of hydrogen-bond acceptors (Lipinski definition) is 4. The number of benzene rings is 2. The summed E-state index contributed by atoms with van der Waals surface area (Å²) in [6.45, 7) is 5.31. The maximum Gasteiger partial charge on any atom is 0.273 e. The molecule has 4 rings (SSSR count). The van der Waals surface area contributed by atoms with Crippen molar-refractivity contribution in [1.29, 1.82) is 0 Å². The number of hydrogen-bond donors (Lipinski definition) is 0. The van der Waals surface area contributed by atoms with E-state index in [1.54, 1.807) is 4.90 Å². The number of fused-ring (bicyclic) bond motifs is 1. The molecule has 1 atom stereocenters. The largest absolute Gasteiger partial charge is 0.337 e. The van der Waals surface area contributed by atoms with Gasteiger partial charge in [0.25, 0.3) is 5.91 Å². The zero-order chi connectivity index (χ0) is 19.7. The number of aromatic nitrogens is 1. The molecule has 1 amide bonds. The van der Waals surface area contributed by atoms with Crippen molar-refractivity contribution >= 4 is 33.8 Å². The van der Waals surface area contributed by atoms with E-state index >= 15 is 0 Å². The number of carbonyl (C=O) groups excluding carboxylic acids is 2. The summed E-state index contributed by atoms with van der Waals surface area (Å²) in [7, 11) is 0. The standard InChI is InChI=1S/C23H24N2O2S/c1-15(2)22-24-20(14-28-22)23(27)25-12-6-9-17(13-25)21(26)19-11-5-8-16-7-3-4-10-18(16)19/h3-5,7-8,10-11,14-15,17H,6,9,12-13H2,1-2H3/t17-/m0/s1.